The first-order valence-electron chi connectivity index (χ1n) is 4.72. The molecule has 81 valence electrons. The van der Waals surface area contributed by atoms with Gasteiger partial charge >= 0.3 is 0 Å². The van der Waals surface area contributed by atoms with Crippen LogP contribution < -0.4 is 10.9 Å². The number of hydrogen-bond donors (Lipinski definition) is 1. The van der Waals surface area contributed by atoms with E-state index in [-0.39, 0.29) is 11.5 Å². The predicted octanol–water partition coefficient (Wildman–Crippen LogP) is 3.23. The van der Waals surface area contributed by atoms with Gasteiger partial charge in [-0.2, -0.15) is 5.43 Å². The average molecular weight is 219 g/mol. The van der Waals surface area contributed by atoms with E-state index < -0.39 is 5.82 Å². The lowest BCUT2D eigenvalue weighted by molar-refractivity contribution is 0.621. The van der Waals surface area contributed by atoms with Gasteiger partial charge in [0, 0.05) is 0 Å². The molecule has 0 bridgehead atoms. The fraction of sp³-hybridized carbons (Fsp3) is 0. The zero-order valence-corrected chi connectivity index (χ0v) is 8.32. The van der Waals surface area contributed by atoms with Crippen molar-refractivity contribution in [1.82, 2.24) is 5.43 Å². The van der Waals surface area contributed by atoms with E-state index in [4.69, 9.17) is 0 Å². The highest BCUT2D eigenvalue weighted by molar-refractivity contribution is 5.46. The van der Waals surface area contributed by atoms with Gasteiger partial charge in [0.2, 0.25) is 0 Å². The van der Waals surface area contributed by atoms with Gasteiger partial charge in [-0.15, -0.1) is 0 Å². The summed E-state index contributed by atoms with van der Waals surface area (Å²) in [7, 11) is 0. The van der Waals surface area contributed by atoms with Crippen molar-refractivity contribution >= 4 is 11.4 Å². The van der Waals surface area contributed by atoms with E-state index in [1.54, 1.807) is 18.2 Å². The molecule has 0 spiro atoms. The molecule has 1 radical (unpaired) electrons. The van der Waals surface area contributed by atoms with Crippen LogP contribution in [0.2, 0.25) is 0 Å². The Morgan fingerprint density at radius 2 is 1.56 bits per heavy atom. The molecule has 0 amide bonds. The first-order valence-corrected chi connectivity index (χ1v) is 4.72. The quantitative estimate of drug-likeness (QED) is 0.788. The van der Waals surface area contributed by atoms with Crippen LogP contribution in [0.25, 0.3) is 0 Å². The molecule has 0 unspecified atom stereocenters. The molecule has 1 N–H and O–H groups in total. The smallest absolute Gasteiger partial charge is 0.150 e. The maximum absolute atomic E-state index is 13.2. The van der Waals surface area contributed by atoms with Crippen LogP contribution in [0.3, 0.4) is 0 Å². The normalized spacial score (nSPS) is 9.88. The number of halogens is 2. The number of anilines is 1. The third-order valence-electron chi connectivity index (χ3n) is 2.00. The lowest BCUT2D eigenvalue weighted by Gasteiger charge is -2.06. The lowest BCUT2D eigenvalue weighted by atomic mass is 10.3. The largest absolute Gasteiger partial charge is 0.278 e. The minimum atomic E-state index is -0.405. The molecule has 0 aliphatic heterocycles. The molecule has 0 heterocycles. The third kappa shape index (κ3) is 2.48. The second-order valence-electron chi connectivity index (χ2n) is 3.18. The average Bonchev–Trinajstić information content (AvgIpc) is 2.30. The Balaban J connectivity index is 2.02. The fourth-order valence-corrected chi connectivity index (χ4v) is 1.19. The van der Waals surface area contributed by atoms with E-state index in [9.17, 15) is 8.78 Å². The van der Waals surface area contributed by atoms with Crippen LogP contribution >= 0.6 is 0 Å². The second kappa shape index (κ2) is 4.61. The molecule has 0 aromatic heterocycles. The van der Waals surface area contributed by atoms with E-state index >= 15 is 0 Å². The van der Waals surface area contributed by atoms with Gasteiger partial charge in [0.05, 0.1) is 5.69 Å². The monoisotopic (exact) mass is 219 g/mol. The Morgan fingerprint density at radius 1 is 0.875 bits per heavy atom. The SMILES string of the molecule is Fc1ccc(N[N]c2ccccc2F)cc1. The summed E-state index contributed by atoms with van der Waals surface area (Å²) in [5, 5.41) is 0. The van der Waals surface area contributed by atoms with E-state index in [1.165, 1.54) is 30.3 Å². The highest BCUT2D eigenvalue weighted by atomic mass is 19.1. The molecule has 4 heteroatoms. The van der Waals surface area contributed by atoms with Crippen molar-refractivity contribution in [2.45, 2.75) is 0 Å². The molecule has 0 fully saturated rings. The maximum Gasteiger partial charge on any atom is 0.150 e. The second-order valence-corrected chi connectivity index (χ2v) is 3.18. The van der Waals surface area contributed by atoms with Gasteiger partial charge in [0.15, 0.2) is 5.82 Å². The predicted molar refractivity (Wildman–Crippen MR) is 58.2 cm³/mol. The molecule has 2 nitrogen and oxygen atoms in total. The van der Waals surface area contributed by atoms with Crippen LogP contribution in [0.1, 0.15) is 0 Å². The van der Waals surface area contributed by atoms with Crippen molar-refractivity contribution in [3.8, 4) is 0 Å². The minimum absolute atomic E-state index is 0.215. The standard InChI is InChI=1S/C12H9F2N2/c13-9-5-7-10(8-6-9)15-16-12-4-2-1-3-11(12)14/h1-8,15H. The molecule has 16 heavy (non-hydrogen) atoms. The van der Waals surface area contributed by atoms with Crippen molar-refractivity contribution in [3.05, 3.63) is 60.2 Å². The van der Waals surface area contributed by atoms with Gasteiger partial charge < -0.3 is 0 Å². The van der Waals surface area contributed by atoms with Crippen LogP contribution in [-0.2, 0) is 0 Å². The zero-order chi connectivity index (χ0) is 11.4. The van der Waals surface area contributed by atoms with E-state index in [1.807, 2.05) is 0 Å². The molecule has 0 saturated heterocycles. The van der Waals surface area contributed by atoms with Crippen LogP contribution in [0.5, 0.6) is 0 Å². The Labute approximate surface area is 91.9 Å². The van der Waals surface area contributed by atoms with Gasteiger partial charge in [-0.1, -0.05) is 12.1 Å². The Morgan fingerprint density at radius 3 is 2.25 bits per heavy atom. The van der Waals surface area contributed by atoms with Crippen molar-refractivity contribution in [2.24, 2.45) is 0 Å². The van der Waals surface area contributed by atoms with Gasteiger partial charge in [0.1, 0.15) is 11.5 Å². The topological polar surface area (TPSA) is 26.1 Å². The van der Waals surface area contributed by atoms with Gasteiger partial charge in [-0.05, 0) is 36.4 Å². The number of hydrogen-bond acceptors (Lipinski definition) is 1. The van der Waals surface area contributed by atoms with E-state index in [0.29, 0.717) is 5.69 Å². The van der Waals surface area contributed by atoms with Crippen LogP contribution in [0.4, 0.5) is 20.2 Å². The van der Waals surface area contributed by atoms with Crippen molar-refractivity contribution < 1.29 is 8.78 Å². The molecule has 2 aromatic rings. The molecule has 0 saturated carbocycles. The molecular weight excluding hydrogens is 210 g/mol. The highest BCUT2D eigenvalue weighted by Gasteiger charge is 2.01. The lowest BCUT2D eigenvalue weighted by Crippen LogP contribution is -2.08. The molecule has 0 aliphatic carbocycles. The summed E-state index contributed by atoms with van der Waals surface area (Å²) in [5.41, 5.74) is 7.32. The Hall–Kier alpha value is -2.10. The van der Waals surface area contributed by atoms with Crippen molar-refractivity contribution in [2.75, 3.05) is 5.43 Å². The minimum Gasteiger partial charge on any atom is -0.278 e. The van der Waals surface area contributed by atoms with Crippen molar-refractivity contribution in [3.63, 3.8) is 0 Å². The zero-order valence-electron chi connectivity index (χ0n) is 8.32. The number of nitrogens with one attached hydrogen (secondary N) is 1. The van der Waals surface area contributed by atoms with E-state index in [0.717, 1.165) is 0 Å². The third-order valence-corrected chi connectivity index (χ3v) is 2.00. The van der Waals surface area contributed by atoms with Crippen LogP contribution in [0.15, 0.2) is 48.5 Å². The van der Waals surface area contributed by atoms with Gasteiger partial charge in [-0.3, -0.25) is 5.43 Å². The fourth-order valence-electron chi connectivity index (χ4n) is 1.19. The molecule has 2 rings (SSSR count). The summed E-state index contributed by atoms with van der Waals surface area (Å²) in [6.07, 6.45) is 0. The Bertz CT molecular complexity index is 469. The summed E-state index contributed by atoms with van der Waals surface area (Å²) in [6.45, 7) is 0. The number of nitrogens with zero attached hydrogens (tertiary/aromatic N) is 1. The summed E-state index contributed by atoms with van der Waals surface area (Å²) >= 11 is 0. The molecular formula is C12H9F2N2. The van der Waals surface area contributed by atoms with Crippen LogP contribution in [0, 0.1) is 11.6 Å². The summed E-state index contributed by atoms with van der Waals surface area (Å²) in [5.74, 6) is -0.728. The molecule has 0 aliphatic rings. The first kappa shape index (κ1) is 10.4. The van der Waals surface area contributed by atoms with Crippen molar-refractivity contribution in [1.29, 1.82) is 0 Å². The Kier molecular flexibility index (Phi) is 3.00. The summed E-state index contributed by atoms with van der Waals surface area (Å²) < 4.78 is 25.8. The molecule has 2 aromatic carbocycles. The van der Waals surface area contributed by atoms with E-state index in [2.05, 4.69) is 10.9 Å². The number of benzene rings is 2. The summed E-state index contributed by atoms with van der Waals surface area (Å²) in [4.78, 5) is 0. The summed E-state index contributed by atoms with van der Waals surface area (Å²) in [6, 6.07) is 11.8. The molecule has 0 atom stereocenters. The number of rotatable bonds is 3. The number of para-hydroxylation sites is 1. The maximum atomic E-state index is 13.2. The van der Waals surface area contributed by atoms with Gasteiger partial charge in [0.25, 0.3) is 0 Å². The van der Waals surface area contributed by atoms with Crippen LogP contribution in [-0.4, -0.2) is 0 Å². The first-order chi connectivity index (χ1) is 7.75. The highest BCUT2D eigenvalue weighted by Crippen LogP contribution is 2.14. The van der Waals surface area contributed by atoms with Gasteiger partial charge in [-0.25, -0.2) is 8.78 Å².